The van der Waals surface area contributed by atoms with E-state index in [1.54, 1.807) is 13.8 Å². The van der Waals surface area contributed by atoms with E-state index in [9.17, 15) is 4.79 Å². The zero-order valence-electron chi connectivity index (χ0n) is 13.9. The van der Waals surface area contributed by atoms with Crippen LogP contribution >= 0.6 is 24.8 Å². The Bertz CT molecular complexity index is 443. The lowest BCUT2D eigenvalue weighted by molar-refractivity contribution is -0.125. The molecule has 0 radical (unpaired) electrons. The van der Waals surface area contributed by atoms with Crippen molar-refractivity contribution in [2.75, 3.05) is 13.1 Å². The monoisotopic (exact) mass is 349 g/mol. The molecule has 4 nitrogen and oxygen atoms in total. The van der Waals surface area contributed by atoms with E-state index in [0.717, 1.165) is 25.2 Å². The Labute approximate surface area is 146 Å². The molecule has 0 aliphatic carbocycles. The van der Waals surface area contributed by atoms with Crippen LogP contribution in [0.4, 0.5) is 0 Å². The smallest absolute Gasteiger partial charge is 0.239 e. The molecule has 0 bridgehead atoms. The molecule has 0 fully saturated rings. The van der Waals surface area contributed by atoms with Crippen molar-refractivity contribution in [3.8, 4) is 0 Å². The van der Waals surface area contributed by atoms with Crippen LogP contribution in [-0.4, -0.2) is 29.4 Å². The van der Waals surface area contributed by atoms with Gasteiger partial charge in [-0.2, -0.15) is 0 Å². The number of nitrogens with zero attached hydrogens (tertiary/aromatic N) is 1. The first kappa shape index (κ1) is 23.5. The van der Waals surface area contributed by atoms with Crippen molar-refractivity contribution in [2.24, 2.45) is 5.73 Å². The summed E-state index contributed by atoms with van der Waals surface area (Å²) in [7, 11) is 0. The van der Waals surface area contributed by atoms with E-state index in [2.05, 4.69) is 36.2 Å². The van der Waals surface area contributed by atoms with E-state index in [0.29, 0.717) is 6.54 Å². The van der Waals surface area contributed by atoms with Crippen molar-refractivity contribution in [3.63, 3.8) is 0 Å². The highest BCUT2D eigenvalue weighted by Crippen LogP contribution is 2.12. The Morgan fingerprint density at radius 1 is 1.14 bits per heavy atom. The molecule has 1 aromatic carbocycles. The van der Waals surface area contributed by atoms with Crippen molar-refractivity contribution in [2.45, 2.75) is 46.3 Å². The molecule has 0 saturated carbocycles. The lowest BCUT2D eigenvalue weighted by Crippen LogP contribution is -2.48. The number of hydrogen-bond donors (Lipinski definition) is 2. The molecule has 6 heteroatoms. The van der Waals surface area contributed by atoms with Crippen molar-refractivity contribution in [3.05, 3.63) is 35.4 Å². The predicted molar refractivity (Wildman–Crippen MR) is 97.7 cm³/mol. The number of nitrogens with one attached hydrogen (secondary N) is 1. The van der Waals surface area contributed by atoms with Gasteiger partial charge in [-0.05, 0) is 38.1 Å². The predicted octanol–water partition coefficient (Wildman–Crippen LogP) is 2.73. The van der Waals surface area contributed by atoms with Crippen molar-refractivity contribution < 1.29 is 4.79 Å². The third-order valence-electron chi connectivity index (χ3n) is 3.43. The molecule has 1 amide bonds. The van der Waals surface area contributed by atoms with E-state index in [1.807, 2.05) is 12.1 Å². The fourth-order valence-electron chi connectivity index (χ4n) is 1.98. The van der Waals surface area contributed by atoms with E-state index in [-0.39, 0.29) is 30.7 Å². The molecule has 22 heavy (non-hydrogen) atoms. The van der Waals surface area contributed by atoms with Gasteiger partial charge in [0.1, 0.15) is 0 Å². The van der Waals surface area contributed by atoms with Gasteiger partial charge in [0.2, 0.25) is 5.91 Å². The summed E-state index contributed by atoms with van der Waals surface area (Å²) in [5.41, 5.74) is 7.35. The minimum absolute atomic E-state index is 0. The highest BCUT2D eigenvalue weighted by atomic mass is 35.5. The Kier molecular flexibility index (Phi) is 11.6. The van der Waals surface area contributed by atoms with Crippen LogP contribution in [0.5, 0.6) is 0 Å². The first-order valence-electron chi connectivity index (χ1n) is 7.24. The summed E-state index contributed by atoms with van der Waals surface area (Å²) in [6.07, 6.45) is 0. The third kappa shape index (κ3) is 7.45. The summed E-state index contributed by atoms with van der Waals surface area (Å²) in [6.45, 7) is 11.2. The average molecular weight is 350 g/mol. The molecular formula is C16H29Cl2N3O. The van der Waals surface area contributed by atoms with Crippen LogP contribution in [-0.2, 0) is 17.9 Å². The molecule has 1 rings (SSSR count). The maximum absolute atomic E-state index is 11.8. The van der Waals surface area contributed by atoms with Crippen LogP contribution < -0.4 is 11.1 Å². The molecule has 0 spiro atoms. The Morgan fingerprint density at radius 2 is 1.64 bits per heavy atom. The summed E-state index contributed by atoms with van der Waals surface area (Å²) in [4.78, 5) is 14.2. The highest BCUT2D eigenvalue weighted by molar-refractivity contribution is 5.86. The molecule has 0 unspecified atom stereocenters. The van der Waals surface area contributed by atoms with Crippen molar-refractivity contribution >= 4 is 30.7 Å². The molecule has 0 aliphatic heterocycles. The first-order valence-corrected chi connectivity index (χ1v) is 7.24. The molecule has 0 aromatic heterocycles. The molecule has 3 N–H and O–H groups in total. The minimum atomic E-state index is -0.839. The summed E-state index contributed by atoms with van der Waals surface area (Å²) in [5, 5.41) is 2.91. The van der Waals surface area contributed by atoms with E-state index < -0.39 is 5.54 Å². The summed E-state index contributed by atoms with van der Waals surface area (Å²) in [6, 6.07) is 8.22. The fourth-order valence-corrected chi connectivity index (χ4v) is 1.98. The maximum atomic E-state index is 11.8. The molecule has 0 aliphatic rings. The molecule has 0 saturated heterocycles. The zero-order chi connectivity index (χ0) is 15.2. The fraction of sp³-hybridized carbons (Fsp3) is 0.562. The van der Waals surface area contributed by atoms with Crippen LogP contribution in [0, 0.1) is 0 Å². The third-order valence-corrected chi connectivity index (χ3v) is 3.43. The topological polar surface area (TPSA) is 58.4 Å². The van der Waals surface area contributed by atoms with E-state index in [1.165, 1.54) is 5.56 Å². The van der Waals surface area contributed by atoms with E-state index >= 15 is 0 Å². The first-order chi connectivity index (χ1) is 9.38. The zero-order valence-corrected chi connectivity index (χ0v) is 15.5. The van der Waals surface area contributed by atoms with Gasteiger partial charge in [-0.1, -0.05) is 38.1 Å². The van der Waals surface area contributed by atoms with Crippen LogP contribution in [0.3, 0.4) is 0 Å². The largest absolute Gasteiger partial charge is 0.350 e. The Balaban J connectivity index is 0. The number of rotatable bonds is 7. The molecule has 1 aromatic rings. The van der Waals surface area contributed by atoms with Gasteiger partial charge in [0.15, 0.2) is 0 Å². The second-order valence-electron chi connectivity index (χ2n) is 5.63. The number of hydrogen-bond acceptors (Lipinski definition) is 3. The van der Waals surface area contributed by atoms with Crippen LogP contribution in [0.1, 0.15) is 38.8 Å². The second kappa shape index (κ2) is 10.8. The average Bonchev–Trinajstić information content (AvgIpc) is 2.42. The van der Waals surface area contributed by atoms with Gasteiger partial charge < -0.3 is 11.1 Å². The van der Waals surface area contributed by atoms with Gasteiger partial charge >= 0.3 is 0 Å². The summed E-state index contributed by atoms with van der Waals surface area (Å²) in [5.74, 6) is -0.129. The number of carbonyl (C=O) groups is 1. The standard InChI is InChI=1S/C16H27N3O.2ClH/c1-5-19(6-2)12-14-10-8-7-9-13(14)11-18-15(20)16(3,4)17;;/h7-10H,5-6,11-12,17H2,1-4H3,(H,18,20);2*1H. The van der Waals surface area contributed by atoms with Crippen LogP contribution in [0.15, 0.2) is 24.3 Å². The van der Waals surface area contributed by atoms with Gasteiger partial charge in [0, 0.05) is 13.1 Å². The highest BCUT2D eigenvalue weighted by Gasteiger charge is 2.21. The number of nitrogens with two attached hydrogens (primary N) is 1. The number of carbonyl (C=O) groups excluding carboxylic acids is 1. The van der Waals surface area contributed by atoms with Crippen LogP contribution in [0.2, 0.25) is 0 Å². The van der Waals surface area contributed by atoms with Crippen LogP contribution in [0.25, 0.3) is 0 Å². The van der Waals surface area contributed by atoms with Gasteiger partial charge in [0.25, 0.3) is 0 Å². The van der Waals surface area contributed by atoms with Gasteiger partial charge in [-0.25, -0.2) is 0 Å². The number of benzene rings is 1. The number of amides is 1. The SMILES string of the molecule is CCN(CC)Cc1ccccc1CNC(=O)C(C)(C)N.Cl.Cl. The second-order valence-corrected chi connectivity index (χ2v) is 5.63. The molecule has 0 atom stereocenters. The molecular weight excluding hydrogens is 321 g/mol. The molecule has 0 heterocycles. The van der Waals surface area contributed by atoms with Crippen molar-refractivity contribution in [1.29, 1.82) is 0 Å². The quantitative estimate of drug-likeness (QED) is 0.795. The maximum Gasteiger partial charge on any atom is 0.239 e. The van der Waals surface area contributed by atoms with E-state index in [4.69, 9.17) is 5.73 Å². The summed E-state index contributed by atoms with van der Waals surface area (Å²) >= 11 is 0. The Morgan fingerprint density at radius 3 is 2.09 bits per heavy atom. The molecule has 128 valence electrons. The Hall–Kier alpha value is -0.810. The minimum Gasteiger partial charge on any atom is -0.350 e. The summed E-state index contributed by atoms with van der Waals surface area (Å²) < 4.78 is 0. The lowest BCUT2D eigenvalue weighted by Gasteiger charge is -2.21. The van der Waals surface area contributed by atoms with Gasteiger partial charge in [-0.3, -0.25) is 9.69 Å². The van der Waals surface area contributed by atoms with Gasteiger partial charge in [-0.15, -0.1) is 24.8 Å². The van der Waals surface area contributed by atoms with Crippen molar-refractivity contribution in [1.82, 2.24) is 10.2 Å². The lowest BCUT2D eigenvalue weighted by atomic mass is 10.0. The number of halogens is 2. The normalized spacial score (nSPS) is 10.6. The van der Waals surface area contributed by atoms with Gasteiger partial charge in [0.05, 0.1) is 5.54 Å².